The summed E-state index contributed by atoms with van der Waals surface area (Å²) in [7, 11) is 1.58. The van der Waals surface area contributed by atoms with Gasteiger partial charge in [-0.05, 0) is 24.3 Å². The summed E-state index contributed by atoms with van der Waals surface area (Å²) in [6.45, 7) is 0.904. The Bertz CT molecular complexity index is 308. The molecule has 0 aliphatic rings. The van der Waals surface area contributed by atoms with Crippen LogP contribution in [0.4, 0.5) is 0 Å². The van der Waals surface area contributed by atoms with Gasteiger partial charge >= 0.3 is 0 Å². The Hall–Kier alpha value is -1.39. The molecule has 0 atom stereocenters. The number of Topliss-reactive ketones (excluding diaryl/α,β-unsaturated/α-hetero) is 1. The Morgan fingerprint density at radius 2 is 2.00 bits per heavy atom. The molecule has 15 heavy (non-hydrogen) atoms. The van der Waals surface area contributed by atoms with E-state index in [1.165, 1.54) is 0 Å². The zero-order valence-corrected chi connectivity index (χ0v) is 8.73. The number of hydrogen-bond donors (Lipinski definition) is 1. The van der Waals surface area contributed by atoms with Gasteiger partial charge in [0, 0.05) is 12.1 Å². The van der Waals surface area contributed by atoms with E-state index in [0.717, 1.165) is 5.75 Å². The van der Waals surface area contributed by atoms with Crippen LogP contribution in [0.15, 0.2) is 24.3 Å². The van der Waals surface area contributed by atoms with Gasteiger partial charge < -0.3 is 15.2 Å². The third kappa shape index (κ3) is 3.69. The molecule has 0 spiro atoms. The third-order valence-corrected chi connectivity index (χ3v) is 1.91. The van der Waals surface area contributed by atoms with Crippen molar-refractivity contribution in [2.45, 2.75) is 0 Å². The van der Waals surface area contributed by atoms with Crippen molar-refractivity contribution >= 4 is 5.78 Å². The topological polar surface area (TPSA) is 61.5 Å². The van der Waals surface area contributed by atoms with Crippen molar-refractivity contribution in [3.63, 3.8) is 0 Å². The van der Waals surface area contributed by atoms with E-state index in [1.807, 2.05) is 0 Å². The van der Waals surface area contributed by atoms with Gasteiger partial charge in [-0.1, -0.05) is 0 Å². The highest BCUT2D eigenvalue weighted by Gasteiger charge is 2.05. The van der Waals surface area contributed by atoms with Crippen LogP contribution in [0.1, 0.15) is 10.4 Å². The van der Waals surface area contributed by atoms with Crippen LogP contribution < -0.4 is 10.5 Å². The van der Waals surface area contributed by atoms with Crippen molar-refractivity contribution in [2.24, 2.45) is 5.73 Å². The highest BCUT2D eigenvalue weighted by atomic mass is 16.5. The van der Waals surface area contributed by atoms with Crippen LogP contribution in [0.5, 0.6) is 5.75 Å². The molecule has 0 aliphatic heterocycles. The molecular weight excluding hydrogens is 194 g/mol. The van der Waals surface area contributed by atoms with Crippen molar-refractivity contribution in [3.8, 4) is 5.75 Å². The van der Waals surface area contributed by atoms with Gasteiger partial charge in [0.1, 0.15) is 12.4 Å². The van der Waals surface area contributed by atoms with Gasteiger partial charge in [0.25, 0.3) is 0 Å². The SMILES string of the molecule is COc1ccc(C(=O)COCCN)cc1. The number of nitrogens with two attached hydrogens (primary N) is 1. The molecule has 0 bridgehead atoms. The smallest absolute Gasteiger partial charge is 0.188 e. The lowest BCUT2D eigenvalue weighted by molar-refractivity contribution is 0.0774. The second kappa shape index (κ2) is 6.16. The summed E-state index contributed by atoms with van der Waals surface area (Å²) in [5.41, 5.74) is 5.86. The van der Waals surface area contributed by atoms with Crippen LogP contribution >= 0.6 is 0 Å². The monoisotopic (exact) mass is 209 g/mol. The number of carbonyl (C=O) groups excluding carboxylic acids is 1. The molecule has 1 aromatic carbocycles. The van der Waals surface area contributed by atoms with Crippen molar-refractivity contribution < 1.29 is 14.3 Å². The molecule has 0 fully saturated rings. The first kappa shape index (κ1) is 11.7. The molecule has 0 saturated carbocycles. The molecule has 0 radical (unpaired) electrons. The Labute approximate surface area is 89.0 Å². The summed E-state index contributed by atoms with van der Waals surface area (Å²) in [6, 6.07) is 6.92. The fourth-order valence-electron chi connectivity index (χ4n) is 1.11. The van der Waals surface area contributed by atoms with Crippen LogP contribution in [0, 0.1) is 0 Å². The lowest BCUT2D eigenvalue weighted by atomic mass is 10.1. The second-order valence-corrected chi connectivity index (χ2v) is 2.99. The lowest BCUT2D eigenvalue weighted by Crippen LogP contribution is -2.14. The van der Waals surface area contributed by atoms with Crippen molar-refractivity contribution in [2.75, 3.05) is 26.9 Å². The summed E-state index contributed by atoms with van der Waals surface area (Å²) in [5.74, 6) is 0.681. The van der Waals surface area contributed by atoms with E-state index in [-0.39, 0.29) is 12.4 Å². The second-order valence-electron chi connectivity index (χ2n) is 2.99. The van der Waals surface area contributed by atoms with Gasteiger partial charge in [0.05, 0.1) is 13.7 Å². The minimum absolute atomic E-state index is 0.0499. The van der Waals surface area contributed by atoms with Gasteiger partial charge in [-0.15, -0.1) is 0 Å². The molecule has 0 aromatic heterocycles. The molecule has 1 aromatic rings. The molecule has 0 aliphatic carbocycles. The fourth-order valence-corrected chi connectivity index (χ4v) is 1.11. The molecule has 4 heteroatoms. The lowest BCUT2D eigenvalue weighted by Gasteiger charge is -2.03. The van der Waals surface area contributed by atoms with E-state index in [4.69, 9.17) is 15.2 Å². The standard InChI is InChI=1S/C11H15NO3/c1-14-10-4-2-9(3-5-10)11(13)8-15-7-6-12/h2-5H,6-8,12H2,1H3. The molecule has 0 unspecified atom stereocenters. The van der Waals surface area contributed by atoms with Gasteiger partial charge in [-0.2, -0.15) is 0 Å². The first-order valence-electron chi connectivity index (χ1n) is 4.73. The largest absolute Gasteiger partial charge is 0.497 e. The van der Waals surface area contributed by atoms with Crippen molar-refractivity contribution in [3.05, 3.63) is 29.8 Å². The van der Waals surface area contributed by atoms with Gasteiger partial charge in [-0.25, -0.2) is 0 Å². The van der Waals surface area contributed by atoms with E-state index < -0.39 is 0 Å². The highest BCUT2D eigenvalue weighted by molar-refractivity contribution is 5.97. The average molecular weight is 209 g/mol. The number of methoxy groups -OCH3 is 1. The number of rotatable bonds is 6. The Morgan fingerprint density at radius 1 is 1.33 bits per heavy atom. The molecule has 0 saturated heterocycles. The average Bonchev–Trinajstić information content (AvgIpc) is 2.29. The first-order valence-corrected chi connectivity index (χ1v) is 4.73. The molecule has 0 amide bonds. The number of ketones is 1. The van der Waals surface area contributed by atoms with Gasteiger partial charge in [0.2, 0.25) is 0 Å². The molecule has 1 rings (SSSR count). The number of carbonyl (C=O) groups is 1. The van der Waals surface area contributed by atoms with E-state index in [2.05, 4.69) is 0 Å². The first-order chi connectivity index (χ1) is 7.27. The summed E-state index contributed by atoms with van der Waals surface area (Å²) in [6.07, 6.45) is 0. The highest BCUT2D eigenvalue weighted by Crippen LogP contribution is 2.11. The fraction of sp³-hybridized carbons (Fsp3) is 0.364. The molecular formula is C11H15NO3. The van der Waals surface area contributed by atoms with Crippen LogP contribution in [-0.4, -0.2) is 32.7 Å². The van der Waals surface area contributed by atoms with E-state index in [0.29, 0.717) is 18.7 Å². The summed E-state index contributed by atoms with van der Waals surface area (Å²) >= 11 is 0. The number of hydrogen-bond acceptors (Lipinski definition) is 4. The van der Waals surface area contributed by atoms with Crippen molar-refractivity contribution in [1.82, 2.24) is 0 Å². The predicted molar refractivity (Wildman–Crippen MR) is 57.2 cm³/mol. The van der Waals surface area contributed by atoms with Crippen LogP contribution in [0.2, 0.25) is 0 Å². The summed E-state index contributed by atoms with van der Waals surface area (Å²) < 4.78 is 10.0. The maximum Gasteiger partial charge on any atom is 0.188 e. The minimum atomic E-state index is -0.0499. The maximum atomic E-state index is 11.5. The number of benzene rings is 1. The summed E-state index contributed by atoms with van der Waals surface area (Å²) in [5, 5.41) is 0. The van der Waals surface area contributed by atoms with Crippen LogP contribution in [-0.2, 0) is 4.74 Å². The van der Waals surface area contributed by atoms with E-state index in [1.54, 1.807) is 31.4 Å². The van der Waals surface area contributed by atoms with Gasteiger partial charge in [-0.3, -0.25) is 4.79 Å². The molecule has 2 N–H and O–H groups in total. The molecule has 82 valence electrons. The minimum Gasteiger partial charge on any atom is -0.497 e. The quantitative estimate of drug-likeness (QED) is 0.557. The molecule has 4 nitrogen and oxygen atoms in total. The molecule has 0 heterocycles. The maximum absolute atomic E-state index is 11.5. The Kier molecular flexibility index (Phi) is 4.80. The van der Waals surface area contributed by atoms with E-state index >= 15 is 0 Å². The zero-order chi connectivity index (χ0) is 11.1. The van der Waals surface area contributed by atoms with E-state index in [9.17, 15) is 4.79 Å². The number of ether oxygens (including phenoxy) is 2. The van der Waals surface area contributed by atoms with Gasteiger partial charge in [0.15, 0.2) is 5.78 Å². The Morgan fingerprint density at radius 3 is 2.53 bits per heavy atom. The van der Waals surface area contributed by atoms with Crippen molar-refractivity contribution in [1.29, 1.82) is 0 Å². The Balaban J connectivity index is 2.50. The van der Waals surface area contributed by atoms with Crippen LogP contribution in [0.25, 0.3) is 0 Å². The van der Waals surface area contributed by atoms with Crippen LogP contribution in [0.3, 0.4) is 0 Å². The zero-order valence-electron chi connectivity index (χ0n) is 8.73. The predicted octanol–water partition coefficient (Wildman–Crippen LogP) is 0.853. The summed E-state index contributed by atoms with van der Waals surface area (Å²) in [4.78, 5) is 11.5. The normalized spacial score (nSPS) is 10.0. The third-order valence-electron chi connectivity index (χ3n) is 1.91.